The Bertz CT molecular complexity index is 662. The molecule has 0 fully saturated rings. The van der Waals surface area contributed by atoms with Crippen LogP contribution in [0.25, 0.3) is 0 Å². The molecule has 6 nitrogen and oxygen atoms in total. The summed E-state index contributed by atoms with van der Waals surface area (Å²) in [7, 11) is -1.69. The molecule has 20 heavy (non-hydrogen) atoms. The van der Waals surface area contributed by atoms with Gasteiger partial charge in [0.25, 0.3) is 0 Å². The molecule has 1 aromatic heterocycles. The normalized spacial score (nSPS) is 11.5. The Morgan fingerprint density at radius 3 is 2.50 bits per heavy atom. The zero-order valence-electron chi connectivity index (χ0n) is 11.5. The number of aromatic nitrogens is 2. The lowest BCUT2D eigenvalue weighted by Gasteiger charge is -2.08. The quantitative estimate of drug-likeness (QED) is 0.843. The van der Waals surface area contributed by atoms with Gasteiger partial charge in [-0.15, -0.1) is 0 Å². The van der Waals surface area contributed by atoms with Crippen LogP contribution >= 0.6 is 0 Å². The van der Waals surface area contributed by atoms with Crippen LogP contribution in [0.4, 0.5) is 5.69 Å². The van der Waals surface area contributed by atoms with Gasteiger partial charge in [0.1, 0.15) is 5.82 Å². The Hall–Kier alpha value is -1.86. The third kappa shape index (κ3) is 3.37. The van der Waals surface area contributed by atoms with Gasteiger partial charge in [0.05, 0.1) is 11.4 Å². The number of hydrogen-bond donors (Lipinski definition) is 2. The van der Waals surface area contributed by atoms with E-state index < -0.39 is 10.0 Å². The maximum atomic E-state index is 12.1. The van der Waals surface area contributed by atoms with Crippen LogP contribution in [-0.4, -0.2) is 24.5 Å². The molecule has 0 spiro atoms. The average molecular weight is 294 g/mol. The SMILES string of the molecule is CCNc1ccc(S(=O)(=O)NCc2nccn2C)cc1. The maximum Gasteiger partial charge on any atom is 0.240 e. The van der Waals surface area contributed by atoms with Crippen LogP contribution in [-0.2, 0) is 23.6 Å². The van der Waals surface area contributed by atoms with Crippen molar-refractivity contribution >= 4 is 15.7 Å². The largest absolute Gasteiger partial charge is 0.385 e. The number of nitrogens with zero attached hydrogens (tertiary/aromatic N) is 2. The molecule has 2 rings (SSSR count). The fourth-order valence-corrected chi connectivity index (χ4v) is 2.75. The zero-order valence-corrected chi connectivity index (χ0v) is 12.3. The number of hydrogen-bond acceptors (Lipinski definition) is 4. The highest BCUT2D eigenvalue weighted by Crippen LogP contribution is 2.14. The van der Waals surface area contributed by atoms with Crippen molar-refractivity contribution in [2.75, 3.05) is 11.9 Å². The summed E-state index contributed by atoms with van der Waals surface area (Å²) in [5, 5.41) is 3.12. The summed E-state index contributed by atoms with van der Waals surface area (Å²) in [6, 6.07) is 6.66. The van der Waals surface area contributed by atoms with Crippen LogP contribution in [0.2, 0.25) is 0 Å². The van der Waals surface area contributed by atoms with E-state index >= 15 is 0 Å². The lowest BCUT2D eigenvalue weighted by Crippen LogP contribution is -2.24. The first-order valence-corrected chi connectivity index (χ1v) is 7.81. The molecule has 0 aliphatic carbocycles. The predicted octanol–water partition coefficient (Wildman–Crippen LogP) is 1.33. The van der Waals surface area contributed by atoms with Gasteiger partial charge < -0.3 is 9.88 Å². The number of nitrogens with one attached hydrogen (secondary N) is 2. The Morgan fingerprint density at radius 2 is 1.95 bits per heavy atom. The minimum atomic E-state index is -3.52. The summed E-state index contributed by atoms with van der Waals surface area (Å²) in [4.78, 5) is 4.32. The molecule has 0 aliphatic rings. The van der Waals surface area contributed by atoms with Gasteiger partial charge in [-0.2, -0.15) is 0 Å². The summed E-state index contributed by atoms with van der Waals surface area (Å²) in [6.07, 6.45) is 3.41. The zero-order chi connectivity index (χ0) is 14.6. The molecule has 0 unspecified atom stereocenters. The molecule has 0 bridgehead atoms. The van der Waals surface area contributed by atoms with E-state index in [9.17, 15) is 8.42 Å². The Labute approximate surface area is 118 Å². The van der Waals surface area contributed by atoms with Crippen molar-refractivity contribution in [3.05, 3.63) is 42.5 Å². The summed E-state index contributed by atoms with van der Waals surface area (Å²) in [5.74, 6) is 0.665. The molecular weight excluding hydrogens is 276 g/mol. The van der Waals surface area contributed by atoms with Gasteiger partial charge in [0, 0.05) is 31.7 Å². The van der Waals surface area contributed by atoms with Crippen molar-refractivity contribution in [3.8, 4) is 0 Å². The molecule has 0 saturated carbocycles. The van der Waals surface area contributed by atoms with Gasteiger partial charge in [0.2, 0.25) is 10.0 Å². The van der Waals surface area contributed by atoms with Crippen LogP contribution in [0.3, 0.4) is 0 Å². The van der Waals surface area contributed by atoms with Crippen molar-refractivity contribution in [1.82, 2.24) is 14.3 Å². The highest BCUT2D eigenvalue weighted by Gasteiger charge is 2.14. The second-order valence-corrected chi connectivity index (χ2v) is 6.10. The molecule has 0 amide bonds. The molecule has 2 aromatic rings. The maximum absolute atomic E-state index is 12.1. The van der Waals surface area contributed by atoms with E-state index in [-0.39, 0.29) is 11.4 Å². The van der Waals surface area contributed by atoms with E-state index in [1.165, 1.54) is 0 Å². The Balaban J connectivity index is 2.08. The first kappa shape index (κ1) is 14.5. The lowest BCUT2D eigenvalue weighted by molar-refractivity contribution is 0.577. The number of anilines is 1. The summed E-state index contributed by atoms with van der Waals surface area (Å²) < 4.78 is 28.6. The van der Waals surface area contributed by atoms with E-state index in [0.29, 0.717) is 5.82 Å². The number of aryl methyl sites for hydroxylation is 1. The van der Waals surface area contributed by atoms with Crippen molar-refractivity contribution in [2.24, 2.45) is 7.05 Å². The van der Waals surface area contributed by atoms with Crippen molar-refractivity contribution in [3.63, 3.8) is 0 Å². The predicted molar refractivity (Wildman–Crippen MR) is 77.8 cm³/mol. The number of benzene rings is 1. The molecule has 1 heterocycles. The minimum Gasteiger partial charge on any atom is -0.385 e. The molecule has 0 atom stereocenters. The highest BCUT2D eigenvalue weighted by atomic mass is 32.2. The van der Waals surface area contributed by atoms with Crippen LogP contribution in [0.1, 0.15) is 12.7 Å². The third-order valence-corrected chi connectivity index (χ3v) is 4.30. The average Bonchev–Trinajstić information content (AvgIpc) is 2.83. The summed E-state index contributed by atoms with van der Waals surface area (Å²) >= 11 is 0. The van der Waals surface area contributed by atoms with Gasteiger partial charge in [0.15, 0.2) is 0 Å². The summed E-state index contributed by atoms with van der Waals surface area (Å²) in [6.45, 7) is 2.95. The van der Waals surface area contributed by atoms with Gasteiger partial charge in [-0.1, -0.05) is 0 Å². The Morgan fingerprint density at radius 1 is 1.25 bits per heavy atom. The van der Waals surface area contributed by atoms with Crippen molar-refractivity contribution in [1.29, 1.82) is 0 Å². The third-order valence-electron chi connectivity index (χ3n) is 2.89. The molecule has 7 heteroatoms. The number of sulfonamides is 1. The first-order valence-electron chi connectivity index (χ1n) is 6.32. The monoisotopic (exact) mass is 294 g/mol. The van der Waals surface area contributed by atoms with Crippen LogP contribution in [0, 0.1) is 0 Å². The van der Waals surface area contributed by atoms with E-state index in [4.69, 9.17) is 0 Å². The van der Waals surface area contributed by atoms with Crippen LogP contribution in [0.15, 0.2) is 41.6 Å². The smallest absolute Gasteiger partial charge is 0.240 e. The standard InChI is InChI=1S/C13H18N4O2S/c1-3-14-11-4-6-12(7-5-11)20(18,19)16-10-13-15-8-9-17(13)2/h4-9,14,16H,3,10H2,1-2H3. The fourth-order valence-electron chi connectivity index (χ4n) is 1.77. The van der Waals surface area contributed by atoms with Crippen molar-refractivity contribution in [2.45, 2.75) is 18.4 Å². The molecule has 0 radical (unpaired) electrons. The molecule has 0 aliphatic heterocycles. The molecule has 2 N–H and O–H groups in total. The van der Waals surface area contributed by atoms with Gasteiger partial charge >= 0.3 is 0 Å². The minimum absolute atomic E-state index is 0.167. The van der Waals surface area contributed by atoms with E-state index in [2.05, 4.69) is 15.0 Å². The van der Waals surface area contributed by atoms with Gasteiger partial charge in [-0.3, -0.25) is 0 Å². The molecule has 108 valence electrons. The second-order valence-electron chi connectivity index (χ2n) is 4.33. The number of imidazole rings is 1. The highest BCUT2D eigenvalue weighted by molar-refractivity contribution is 7.89. The lowest BCUT2D eigenvalue weighted by atomic mass is 10.3. The van der Waals surface area contributed by atoms with Crippen LogP contribution in [0.5, 0.6) is 0 Å². The van der Waals surface area contributed by atoms with Gasteiger partial charge in [-0.25, -0.2) is 18.1 Å². The summed E-state index contributed by atoms with van der Waals surface area (Å²) in [5.41, 5.74) is 0.899. The second kappa shape index (κ2) is 6.06. The van der Waals surface area contributed by atoms with Crippen LogP contribution < -0.4 is 10.0 Å². The van der Waals surface area contributed by atoms with E-state index in [1.54, 1.807) is 41.2 Å². The first-order chi connectivity index (χ1) is 9.53. The molecule has 1 aromatic carbocycles. The van der Waals surface area contributed by atoms with E-state index in [0.717, 1.165) is 12.2 Å². The van der Waals surface area contributed by atoms with Gasteiger partial charge in [-0.05, 0) is 31.2 Å². The topological polar surface area (TPSA) is 76.0 Å². The Kier molecular flexibility index (Phi) is 4.41. The fraction of sp³-hybridized carbons (Fsp3) is 0.308. The molecular formula is C13H18N4O2S. The van der Waals surface area contributed by atoms with Crippen molar-refractivity contribution < 1.29 is 8.42 Å². The molecule has 0 saturated heterocycles. The number of rotatable bonds is 6. The van der Waals surface area contributed by atoms with E-state index in [1.807, 2.05) is 14.0 Å².